The van der Waals surface area contributed by atoms with Crippen LogP contribution in [0.25, 0.3) is 0 Å². The number of hydrogen-bond donors (Lipinski definition) is 0. The Morgan fingerprint density at radius 1 is 0.767 bits per heavy atom. The van der Waals surface area contributed by atoms with Gasteiger partial charge < -0.3 is 18.9 Å². The molecular weight excluding hydrogens is 394 g/mol. The summed E-state index contributed by atoms with van der Waals surface area (Å²) in [5.74, 6) is 0.396. The largest absolute Gasteiger partial charge is 0.462 e. The fourth-order valence-electron chi connectivity index (χ4n) is 1.87. The number of nitrogens with zero attached hydrogens (tertiary/aromatic N) is 1. The number of esters is 4. The van der Waals surface area contributed by atoms with Gasteiger partial charge in [-0.05, 0) is 13.8 Å². The van der Waals surface area contributed by atoms with E-state index in [1.807, 2.05) is 0 Å². The van der Waals surface area contributed by atoms with Crippen molar-refractivity contribution in [3.63, 3.8) is 0 Å². The minimum Gasteiger partial charge on any atom is -0.462 e. The molecule has 0 aliphatic carbocycles. The molecule has 0 aromatic heterocycles. The summed E-state index contributed by atoms with van der Waals surface area (Å²) in [6.45, 7) is 10.5. The van der Waals surface area contributed by atoms with Gasteiger partial charge in [-0.1, -0.05) is 19.1 Å². The average Bonchev–Trinajstić information content (AvgIpc) is 2.69. The molecule has 0 fully saturated rings. The lowest BCUT2D eigenvalue weighted by Gasteiger charge is -2.18. The number of terminal acetylenes is 1. The van der Waals surface area contributed by atoms with Crippen molar-refractivity contribution in [2.24, 2.45) is 0 Å². The van der Waals surface area contributed by atoms with Gasteiger partial charge in [-0.3, -0.25) is 14.5 Å². The molecule has 0 aliphatic heterocycles. The van der Waals surface area contributed by atoms with Crippen molar-refractivity contribution in [1.29, 1.82) is 0 Å². The maximum atomic E-state index is 11.7. The molecule has 30 heavy (non-hydrogen) atoms. The molecule has 0 bridgehead atoms. The predicted molar refractivity (Wildman–Crippen MR) is 108 cm³/mol. The fraction of sp³-hybridized carbons (Fsp3) is 0.524. The first-order valence-electron chi connectivity index (χ1n) is 9.29. The second kappa shape index (κ2) is 15.8. The number of carbonyl (C=O) groups is 4. The number of hydrogen-bond acceptors (Lipinski definition) is 9. The van der Waals surface area contributed by atoms with Gasteiger partial charge in [-0.15, -0.1) is 6.42 Å². The Kier molecular flexibility index (Phi) is 14.1. The zero-order valence-electron chi connectivity index (χ0n) is 17.6. The summed E-state index contributed by atoms with van der Waals surface area (Å²) >= 11 is 0. The van der Waals surface area contributed by atoms with Crippen LogP contribution in [0.3, 0.4) is 0 Å². The van der Waals surface area contributed by atoms with Crippen LogP contribution in [0.1, 0.15) is 26.7 Å². The molecule has 0 heterocycles. The molecule has 0 atom stereocenters. The Bertz CT molecular complexity index is 627. The van der Waals surface area contributed by atoms with Crippen molar-refractivity contribution in [2.45, 2.75) is 26.7 Å². The summed E-state index contributed by atoms with van der Waals surface area (Å²) in [5.41, 5.74) is 0.523. The van der Waals surface area contributed by atoms with Crippen molar-refractivity contribution >= 4 is 23.9 Å². The van der Waals surface area contributed by atoms with E-state index < -0.39 is 23.9 Å². The van der Waals surface area contributed by atoms with Crippen LogP contribution in [0.15, 0.2) is 24.3 Å². The molecule has 0 saturated heterocycles. The lowest BCUT2D eigenvalue weighted by atomic mass is 10.3. The molecule has 0 radical (unpaired) electrons. The molecule has 0 amide bonds. The first kappa shape index (κ1) is 26.9. The van der Waals surface area contributed by atoms with Crippen molar-refractivity contribution in [3.8, 4) is 12.3 Å². The van der Waals surface area contributed by atoms with E-state index in [4.69, 9.17) is 25.4 Å². The van der Waals surface area contributed by atoms with Gasteiger partial charge in [0, 0.05) is 24.2 Å². The summed E-state index contributed by atoms with van der Waals surface area (Å²) in [6, 6.07) is 0. The molecule has 0 aromatic rings. The second-order valence-electron chi connectivity index (χ2n) is 6.25. The Labute approximate surface area is 177 Å². The average molecular weight is 423 g/mol. The van der Waals surface area contributed by atoms with Gasteiger partial charge in [-0.2, -0.15) is 0 Å². The van der Waals surface area contributed by atoms with Crippen molar-refractivity contribution in [1.82, 2.24) is 4.90 Å². The van der Waals surface area contributed by atoms with Gasteiger partial charge in [0.2, 0.25) is 0 Å². The molecule has 166 valence electrons. The number of rotatable bonds is 15. The highest BCUT2D eigenvalue weighted by atomic mass is 16.6. The Hall–Kier alpha value is -3.12. The minimum absolute atomic E-state index is 0.0565. The van der Waals surface area contributed by atoms with Crippen LogP contribution >= 0.6 is 0 Å². The van der Waals surface area contributed by atoms with Gasteiger partial charge in [0.15, 0.2) is 0 Å². The third kappa shape index (κ3) is 14.0. The van der Waals surface area contributed by atoms with Crippen LogP contribution in [0.2, 0.25) is 0 Å². The van der Waals surface area contributed by atoms with Crippen molar-refractivity contribution in [3.05, 3.63) is 24.3 Å². The molecule has 0 aromatic carbocycles. The lowest BCUT2D eigenvalue weighted by molar-refractivity contribution is -0.150. The number of ether oxygens (including phenoxy) is 4. The van der Waals surface area contributed by atoms with E-state index in [0.29, 0.717) is 0 Å². The highest BCUT2D eigenvalue weighted by molar-refractivity contribution is 5.87. The van der Waals surface area contributed by atoms with Crippen LogP contribution in [0.4, 0.5) is 0 Å². The van der Waals surface area contributed by atoms with Gasteiger partial charge in [0.25, 0.3) is 0 Å². The van der Waals surface area contributed by atoms with E-state index >= 15 is 0 Å². The van der Waals surface area contributed by atoms with E-state index in [0.717, 1.165) is 0 Å². The third-order valence-corrected chi connectivity index (χ3v) is 3.44. The first-order valence-corrected chi connectivity index (χ1v) is 9.29. The molecule has 0 unspecified atom stereocenters. The molecule has 0 saturated carbocycles. The van der Waals surface area contributed by atoms with Crippen LogP contribution in [0, 0.1) is 12.3 Å². The van der Waals surface area contributed by atoms with Crippen LogP contribution in [-0.2, 0) is 38.1 Å². The quantitative estimate of drug-likeness (QED) is 0.125. The summed E-state index contributed by atoms with van der Waals surface area (Å²) < 4.78 is 19.6. The second-order valence-corrected chi connectivity index (χ2v) is 6.25. The maximum absolute atomic E-state index is 11.7. The highest BCUT2D eigenvalue weighted by Gasteiger charge is 2.12. The third-order valence-electron chi connectivity index (χ3n) is 3.44. The summed E-state index contributed by atoms with van der Waals surface area (Å²) in [6.07, 6.45) is 5.42. The van der Waals surface area contributed by atoms with Crippen LogP contribution < -0.4 is 0 Å². The van der Waals surface area contributed by atoms with E-state index in [2.05, 4.69) is 19.1 Å². The Morgan fingerprint density at radius 2 is 1.13 bits per heavy atom. The molecule has 9 nitrogen and oxygen atoms in total. The first-order chi connectivity index (χ1) is 14.2. The summed E-state index contributed by atoms with van der Waals surface area (Å²) in [5, 5.41) is 0. The molecule has 9 heteroatoms. The van der Waals surface area contributed by atoms with Gasteiger partial charge in [0.05, 0.1) is 19.4 Å². The molecular formula is C21H29NO8. The Balaban J connectivity index is 4.04. The normalized spacial score (nSPS) is 9.93. The van der Waals surface area contributed by atoms with E-state index in [1.54, 1.807) is 4.90 Å². The minimum atomic E-state index is -0.549. The van der Waals surface area contributed by atoms with Crippen LogP contribution in [-0.4, -0.2) is 74.8 Å². The standard InChI is InChI=1S/C21H29NO8/c1-6-9-22(10-7-18(23)27-12-14-29-20(25)16(2)3)11-8-19(24)28-13-15-30-21(26)17(4)5/h1H,2,4,7-15H2,3,5H3. The molecule has 0 aliphatic rings. The molecule has 0 rings (SSSR count). The zero-order chi connectivity index (χ0) is 22.9. The Morgan fingerprint density at radius 3 is 1.47 bits per heavy atom. The van der Waals surface area contributed by atoms with Gasteiger partial charge in [-0.25, -0.2) is 9.59 Å². The summed E-state index contributed by atoms with van der Waals surface area (Å²) in [7, 11) is 0. The van der Waals surface area contributed by atoms with Crippen molar-refractivity contribution in [2.75, 3.05) is 46.1 Å². The highest BCUT2D eigenvalue weighted by Crippen LogP contribution is 1.99. The lowest BCUT2D eigenvalue weighted by Crippen LogP contribution is -2.30. The van der Waals surface area contributed by atoms with E-state index in [-0.39, 0.29) is 70.0 Å². The van der Waals surface area contributed by atoms with E-state index in [1.165, 1.54) is 13.8 Å². The van der Waals surface area contributed by atoms with Gasteiger partial charge in [0.1, 0.15) is 26.4 Å². The number of carbonyl (C=O) groups excluding carboxylic acids is 4. The van der Waals surface area contributed by atoms with Gasteiger partial charge >= 0.3 is 23.9 Å². The predicted octanol–water partition coefficient (Wildman–Crippen LogP) is 1.03. The smallest absolute Gasteiger partial charge is 0.333 e. The van der Waals surface area contributed by atoms with E-state index in [9.17, 15) is 19.2 Å². The monoisotopic (exact) mass is 423 g/mol. The molecule has 0 N–H and O–H groups in total. The summed E-state index contributed by atoms with van der Waals surface area (Å²) in [4.78, 5) is 47.6. The topological polar surface area (TPSA) is 108 Å². The maximum Gasteiger partial charge on any atom is 0.333 e. The fourth-order valence-corrected chi connectivity index (χ4v) is 1.87. The molecule has 0 spiro atoms. The zero-order valence-corrected chi connectivity index (χ0v) is 17.6. The van der Waals surface area contributed by atoms with Crippen LogP contribution in [0.5, 0.6) is 0 Å². The SMILES string of the molecule is C#CCN(CCC(=O)OCCOC(=O)C(=C)C)CCC(=O)OCCOC(=O)C(=C)C. The van der Waals surface area contributed by atoms with Crippen molar-refractivity contribution < 1.29 is 38.1 Å².